The Hall–Kier alpha value is -3.07. The van der Waals surface area contributed by atoms with E-state index in [4.69, 9.17) is 34.7 Å². The van der Waals surface area contributed by atoms with Crippen molar-refractivity contribution >= 4 is 34.5 Å². The predicted molar refractivity (Wildman–Crippen MR) is 125 cm³/mol. The highest BCUT2D eigenvalue weighted by molar-refractivity contribution is 7.79. The van der Waals surface area contributed by atoms with Gasteiger partial charge in [-0.05, 0) is 37.7 Å². The van der Waals surface area contributed by atoms with Gasteiger partial charge in [-0.25, -0.2) is 0 Å². The molecule has 1 fully saturated rings. The number of hydrogen-bond donors (Lipinski definition) is 6. The zero-order valence-electron chi connectivity index (χ0n) is 18.6. The molecule has 3 unspecified atom stereocenters. The number of nitrogens with two attached hydrogens (primary N) is 3. The summed E-state index contributed by atoms with van der Waals surface area (Å²) in [5.41, 5.74) is 17.6. The summed E-state index contributed by atoms with van der Waals surface area (Å²) >= 11 is 0. The van der Waals surface area contributed by atoms with Gasteiger partial charge < -0.3 is 32.2 Å². The van der Waals surface area contributed by atoms with Gasteiger partial charge in [0.2, 0.25) is 11.8 Å². The summed E-state index contributed by atoms with van der Waals surface area (Å²) in [4.78, 5) is 42.2. The number of nitrogens with one attached hydrogen (secondary N) is 1. The predicted octanol–water partition coefficient (Wildman–Crippen LogP) is -1.37. The fourth-order valence-corrected chi connectivity index (χ4v) is 3.44. The Morgan fingerprint density at radius 1 is 1.24 bits per heavy atom. The molecule has 34 heavy (non-hydrogen) atoms. The van der Waals surface area contributed by atoms with Crippen LogP contribution in [0.3, 0.4) is 0 Å². The molecule has 1 saturated heterocycles. The maximum absolute atomic E-state index is 12.8. The van der Waals surface area contributed by atoms with Gasteiger partial charge in [0.05, 0.1) is 12.1 Å². The molecule has 1 heterocycles. The topological polar surface area (TPSA) is 231 Å². The highest BCUT2D eigenvalue weighted by Crippen LogP contribution is 2.19. The molecule has 2 amide bonds. The Morgan fingerprint density at radius 2 is 1.85 bits per heavy atom. The van der Waals surface area contributed by atoms with Crippen LogP contribution in [0.1, 0.15) is 31.2 Å². The van der Waals surface area contributed by atoms with Crippen LogP contribution in [-0.4, -0.2) is 77.7 Å². The van der Waals surface area contributed by atoms with E-state index in [-0.39, 0.29) is 17.8 Å². The first-order chi connectivity index (χ1) is 15.9. The van der Waals surface area contributed by atoms with E-state index in [1.807, 2.05) is 30.3 Å². The minimum absolute atomic E-state index is 0.0105. The molecule has 1 aromatic rings. The van der Waals surface area contributed by atoms with Gasteiger partial charge in [-0.3, -0.25) is 23.7 Å². The van der Waals surface area contributed by atoms with Crippen molar-refractivity contribution in [3.05, 3.63) is 35.9 Å². The maximum Gasteiger partial charge on any atom is 0.394 e. The van der Waals surface area contributed by atoms with Gasteiger partial charge >= 0.3 is 10.4 Å². The number of benzene rings is 1. The average molecular weight is 501 g/mol. The molecule has 9 N–H and O–H groups in total. The first-order valence-corrected chi connectivity index (χ1v) is 11.9. The largest absolute Gasteiger partial charge is 0.394 e. The van der Waals surface area contributed by atoms with E-state index in [9.17, 15) is 14.4 Å². The van der Waals surface area contributed by atoms with Crippen molar-refractivity contribution in [1.29, 1.82) is 0 Å². The molecule has 14 heteroatoms. The van der Waals surface area contributed by atoms with Gasteiger partial charge in [0.1, 0.15) is 12.3 Å². The van der Waals surface area contributed by atoms with Gasteiger partial charge in [0.15, 0.2) is 5.96 Å². The molecule has 190 valence electrons. The first kappa shape index (κ1) is 29.0. The fraction of sp³-hybridized carbons (Fsp3) is 0.500. The lowest BCUT2D eigenvalue weighted by Gasteiger charge is -2.27. The Balaban J connectivity index is 0.00000104. The molecule has 0 radical (unpaired) electrons. The van der Waals surface area contributed by atoms with Crippen LogP contribution in [0.15, 0.2) is 35.3 Å². The van der Waals surface area contributed by atoms with E-state index >= 15 is 0 Å². The van der Waals surface area contributed by atoms with Crippen LogP contribution in [-0.2, 0) is 31.2 Å². The summed E-state index contributed by atoms with van der Waals surface area (Å²) in [6, 6.07) is 7.55. The molecule has 3 atom stereocenters. The van der Waals surface area contributed by atoms with Crippen LogP contribution < -0.4 is 22.5 Å². The zero-order chi connectivity index (χ0) is 25.7. The summed E-state index contributed by atoms with van der Waals surface area (Å²) in [5.74, 6) is -0.591. The average Bonchev–Trinajstić information content (AvgIpc) is 3.24. The Labute approximate surface area is 198 Å². The summed E-state index contributed by atoms with van der Waals surface area (Å²) < 4.78 is 31.6. The number of hydrogen-bond acceptors (Lipinski definition) is 7. The number of likely N-dealkylation sites (tertiary alicyclic amines) is 1. The van der Waals surface area contributed by atoms with Crippen molar-refractivity contribution in [2.75, 3.05) is 13.1 Å². The lowest BCUT2D eigenvalue weighted by Crippen LogP contribution is -2.53. The summed E-state index contributed by atoms with van der Waals surface area (Å²) in [6.07, 6.45) is 3.34. The van der Waals surface area contributed by atoms with Crippen molar-refractivity contribution in [2.45, 2.75) is 50.2 Å². The molecule has 0 bridgehead atoms. The lowest BCUT2D eigenvalue weighted by atomic mass is 10.0. The van der Waals surface area contributed by atoms with Crippen molar-refractivity contribution < 1.29 is 31.9 Å². The van der Waals surface area contributed by atoms with E-state index in [2.05, 4.69) is 10.3 Å². The van der Waals surface area contributed by atoms with E-state index < -0.39 is 28.5 Å². The number of aliphatic imine (C=N–C) groups is 1. The summed E-state index contributed by atoms with van der Waals surface area (Å²) in [5, 5.41) is 2.72. The standard InChI is InChI=1S/C20H30N6O3.H2O4S/c21-16(12-14-6-2-1-3-7-14)19(29)26-11-5-9-17(26)18(28)25-15(13-27)8-4-10-24-20(22)23;1-5(2,3)4/h1-3,6-7,13,15-17H,4-5,8-12,21H2,(H,25,28)(H4,22,23,24);(H2,1,2,3,4). The van der Waals surface area contributed by atoms with Gasteiger partial charge in [-0.1, -0.05) is 30.3 Å². The van der Waals surface area contributed by atoms with Crippen molar-refractivity contribution in [2.24, 2.45) is 22.2 Å². The second-order valence-corrected chi connectivity index (χ2v) is 8.53. The van der Waals surface area contributed by atoms with E-state index in [1.165, 1.54) is 4.90 Å². The minimum Gasteiger partial charge on any atom is -0.370 e. The highest BCUT2D eigenvalue weighted by Gasteiger charge is 2.36. The second kappa shape index (κ2) is 14.2. The molecule has 13 nitrogen and oxygen atoms in total. The molecule has 0 saturated carbocycles. The maximum atomic E-state index is 12.8. The Morgan fingerprint density at radius 3 is 2.41 bits per heavy atom. The SMILES string of the molecule is NC(N)=NCCCC(C=O)NC(=O)C1CCCN1C(=O)C(N)Cc1ccccc1.O=S(=O)(O)O. The third kappa shape index (κ3) is 11.7. The number of nitrogens with zero attached hydrogens (tertiary/aromatic N) is 2. The zero-order valence-corrected chi connectivity index (χ0v) is 19.4. The van der Waals surface area contributed by atoms with Gasteiger partial charge in [0, 0.05) is 13.1 Å². The van der Waals surface area contributed by atoms with E-state index in [0.717, 1.165) is 12.0 Å². The smallest absolute Gasteiger partial charge is 0.370 e. The van der Waals surface area contributed by atoms with Crippen LogP contribution in [0.25, 0.3) is 0 Å². The number of guanidine groups is 1. The molecule has 1 aliphatic heterocycles. The number of carbonyl (C=O) groups is 3. The molecule has 0 spiro atoms. The first-order valence-electron chi connectivity index (χ1n) is 10.5. The highest BCUT2D eigenvalue weighted by atomic mass is 32.3. The molecule has 2 rings (SSSR count). The van der Waals surface area contributed by atoms with E-state index in [0.29, 0.717) is 45.1 Å². The van der Waals surface area contributed by atoms with Gasteiger partial charge in [-0.2, -0.15) is 8.42 Å². The number of aldehydes is 1. The van der Waals surface area contributed by atoms with Crippen LogP contribution in [0, 0.1) is 0 Å². The summed E-state index contributed by atoms with van der Waals surface area (Å²) in [6.45, 7) is 0.862. The molecular formula is C20H32N6O7S. The summed E-state index contributed by atoms with van der Waals surface area (Å²) in [7, 11) is -4.67. The minimum atomic E-state index is -4.67. The van der Waals surface area contributed by atoms with Crippen LogP contribution in [0.5, 0.6) is 0 Å². The number of amides is 2. The fourth-order valence-electron chi connectivity index (χ4n) is 3.44. The lowest BCUT2D eigenvalue weighted by molar-refractivity contribution is -0.139. The van der Waals surface area contributed by atoms with Crippen LogP contribution >= 0.6 is 0 Å². The van der Waals surface area contributed by atoms with Gasteiger partial charge in [-0.15, -0.1) is 0 Å². The third-order valence-corrected chi connectivity index (χ3v) is 4.91. The molecule has 0 aliphatic carbocycles. The molecule has 0 aromatic heterocycles. The Kier molecular flexibility index (Phi) is 12.1. The van der Waals surface area contributed by atoms with E-state index in [1.54, 1.807) is 0 Å². The second-order valence-electron chi connectivity index (χ2n) is 7.63. The molecule has 1 aromatic carbocycles. The number of carbonyl (C=O) groups excluding carboxylic acids is 3. The Bertz CT molecular complexity index is 930. The van der Waals surface area contributed by atoms with Crippen molar-refractivity contribution in [1.82, 2.24) is 10.2 Å². The number of rotatable bonds is 10. The van der Waals surface area contributed by atoms with Crippen molar-refractivity contribution in [3.8, 4) is 0 Å². The van der Waals surface area contributed by atoms with Crippen LogP contribution in [0.4, 0.5) is 0 Å². The van der Waals surface area contributed by atoms with Gasteiger partial charge in [0.25, 0.3) is 0 Å². The third-order valence-electron chi connectivity index (χ3n) is 4.91. The van der Waals surface area contributed by atoms with Crippen LogP contribution in [0.2, 0.25) is 0 Å². The normalized spacial score (nSPS) is 17.0. The molecular weight excluding hydrogens is 468 g/mol. The monoisotopic (exact) mass is 500 g/mol. The quantitative estimate of drug-likeness (QED) is 0.0725. The van der Waals surface area contributed by atoms with Crippen molar-refractivity contribution in [3.63, 3.8) is 0 Å². The molecule has 1 aliphatic rings.